The highest BCUT2D eigenvalue weighted by molar-refractivity contribution is 5.79. The van der Waals surface area contributed by atoms with Crippen LogP contribution in [0.5, 0.6) is 11.5 Å². The van der Waals surface area contributed by atoms with Crippen molar-refractivity contribution < 1.29 is 18.7 Å². The number of hydrogen-bond donors (Lipinski definition) is 1. The maximum absolute atomic E-state index is 13.1. The highest BCUT2D eigenvalue weighted by Gasteiger charge is 2.27. The van der Waals surface area contributed by atoms with Crippen LogP contribution >= 0.6 is 0 Å². The fourth-order valence-corrected chi connectivity index (χ4v) is 4.01. The molecule has 2 aliphatic heterocycles. The molecule has 1 N–H and O–H groups in total. The Bertz CT molecular complexity index is 856. The van der Waals surface area contributed by atoms with E-state index < -0.39 is 0 Å². The second-order valence-corrected chi connectivity index (χ2v) is 7.83. The Balaban J connectivity index is 1.34. The normalized spacial score (nSPS) is 20.1. The summed E-state index contributed by atoms with van der Waals surface area (Å²) in [4.78, 5) is 15.1. The molecular weight excluding hydrogens is 371 g/mol. The van der Waals surface area contributed by atoms with Crippen LogP contribution in [0.1, 0.15) is 36.9 Å². The number of hydrogen-bond acceptors (Lipinski definition) is 4. The molecule has 0 saturated carbocycles. The first-order valence-corrected chi connectivity index (χ1v) is 10.3. The monoisotopic (exact) mass is 398 g/mol. The van der Waals surface area contributed by atoms with Gasteiger partial charge in [-0.1, -0.05) is 18.2 Å². The predicted molar refractivity (Wildman–Crippen MR) is 108 cm³/mol. The summed E-state index contributed by atoms with van der Waals surface area (Å²) < 4.78 is 24.3. The van der Waals surface area contributed by atoms with Gasteiger partial charge in [-0.05, 0) is 61.7 Å². The number of rotatable bonds is 5. The highest BCUT2D eigenvalue weighted by Crippen LogP contribution is 2.32. The van der Waals surface area contributed by atoms with Crippen LogP contribution in [0.2, 0.25) is 0 Å². The van der Waals surface area contributed by atoms with Crippen LogP contribution in [0.3, 0.4) is 0 Å². The van der Waals surface area contributed by atoms with Crippen LogP contribution in [0, 0.1) is 11.7 Å². The molecule has 2 aliphatic rings. The van der Waals surface area contributed by atoms with E-state index in [4.69, 9.17) is 9.47 Å². The van der Waals surface area contributed by atoms with Crippen LogP contribution < -0.4 is 14.8 Å². The van der Waals surface area contributed by atoms with Gasteiger partial charge < -0.3 is 14.8 Å². The molecule has 0 spiro atoms. The topological polar surface area (TPSA) is 50.8 Å². The average molecular weight is 398 g/mol. The van der Waals surface area contributed by atoms with Crippen LogP contribution in [-0.4, -0.2) is 37.1 Å². The second kappa shape index (κ2) is 8.82. The minimum absolute atomic E-state index is 0.0381. The first-order valence-electron chi connectivity index (χ1n) is 10.3. The van der Waals surface area contributed by atoms with E-state index in [2.05, 4.69) is 10.2 Å². The summed E-state index contributed by atoms with van der Waals surface area (Å²) in [7, 11) is 0. The fraction of sp³-hybridized carbons (Fsp3) is 0.435. The van der Waals surface area contributed by atoms with Gasteiger partial charge in [-0.25, -0.2) is 4.39 Å². The standard InChI is InChI=1S/C23H27FN2O3/c1-16(18-6-9-21-22(13-18)29-12-11-28-21)25-23(27)19-3-2-10-26(15-19)14-17-4-7-20(24)8-5-17/h4-9,13,16,19H,2-3,10-12,14-15H2,1H3,(H,25,27). The van der Waals surface area contributed by atoms with E-state index in [1.165, 1.54) is 12.1 Å². The number of nitrogens with zero attached hydrogens (tertiary/aromatic N) is 1. The number of fused-ring (bicyclic) bond motifs is 1. The molecule has 2 heterocycles. The van der Waals surface area contributed by atoms with Crippen LogP contribution in [0.25, 0.3) is 0 Å². The largest absolute Gasteiger partial charge is 0.486 e. The van der Waals surface area contributed by atoms with Crippen molar-refractivity contribution in [1.29, 1.82) is 0 Å². The second-order valence-electron chi connectivity index (χ2n) is 7.83. The van der Waals surface area contributed by atoms with Crippen molar-refractivity contribution in [3.05, 3.63) is 59.4 Å². The molecule has 0 aliphatic carbocycles. The van der Waals surface area contributed by atoms with Crippen molar-refractivity contribution in [2.45, 2.75) is 32.4 Å². The molecule has 2 atom stereocenters. The molecule has 4 rings (SSSR count). The zero-order valence-electron chi connectivity index (χ0n) is 16.7. The molecule has 1 saturated heterocycles. The summed E-state index contributed by atoms with van der Waals surface area (Å²) in [5, 5.41) is 3.15. The Hall–Kier alpha value is -2.60. The Morgan fingerprint density at radius 2 is 1.93 bits per heavy atom. The minimum atomic E-state index is -0.224. The van der Waals surface area contributed by atoms with Gasteiger partial charge in [0.15, 0.2) is 11.5 Å². The number of likely N-dealkylation sites (tertiary alicyclic amines) is 1. The van der Waals surface area contributed by atoms with Gasteiger partial charge in [0.05, 0.1) is 12.0 Å². The average Bonchev–Trinajstić information content (AvgIpc) is 2.75. The summed E-state index contributed by atoms with van der Waals surface area (Å²) in [6.45, 7) is 5.51. The molecule has 5 nitrogen and oxygen atoms in total. The number of nitrogens with one attached hydrogen (secondary N) is 1. The van der Waals surface area contributed by atoms with Crippen molar-refractivity contribution in [3.8, 4) is 11.5 Å². The molecule has 2 aromatic carbocycles. The number of carbonyl (C=O) groups excluding carboxylic acids is 1. The van der Waals surface area contributed by atoms with Gasteiger partial charge in [0.2, 0.25) is 5.91 Å². The van der Waals surface area contributed by atoms with Crippen molar-refractivity contribution in [3.63, 3.8) is 0 Å². The Morgan fingerprint density at radius 1 is 1.17 bits per heavy atom. The zero-order valence-corrected chi connectivity index (χ0v) is 16.7. The van der Waals surface area contributed by atoms with Crippen LogP contribution in [0.15, 0.2) is 42.5 Å². The van der Waals surface area contributed by atoms with E-state index in [9.17, 15) is 9.18 Å². The predicted octanol–water partition coefficient (Wildman–Crippen LogP) is 3.69. The molecular formula is C23H27FN2O3. The van der Waals surface area contributed by atoms with Gasteiger partial charge in [-0.2, -0.15) is 0 Å². The van der Waals surface area contributed by atoms with E-state index in [0.29, 0.717) is 13.2 Å². The first kappa shape index (κ1) is 19.7. The van der Waals surface area contributed by atoms with Gasteiger partial charge in [0.25, 0.3) is 0 Å². The lowest BCUT2D eigenvalue weighted by Gasteiger charge is -2.32. The number of ether oxygens (including phenoxy) is 2. The number of benzene rings is 2. The third-order valence-electron chi connectivity index (χ3n) is 5.62. The first-order chi connectivity index (χ1) is 14.1. The maximum Gasteiger partial charge on any atom is 0.224 e. The van der Waals surface area contributed by atoms with E-state index in [1.54, 1.807) is 0 Å². The van der Waals surface area contributed by atoms with Crippen LogP contribution in [0.4, 0.5) is 4.39 Å². The Labute approximate surface area is 170 Å². The number of amides is 1. The molecule has 29 heavy (non-hydrogen) atoms. The summed E-state index contributed by atoms with van der Waals surface area (Å²) >= 11 is 0. The van der Waals surface area contributed by atoms with Gasteiger partial charge >= 0.3 is 0 Å². The third-order valence-corrected chi connectivity index (χ3v) is 5.62. The highest BCUT2D eigenvalue weighted by atomic mass is 19.1. The van der Waals surface area contributed by atoms with Crippen molar-refractivity contribution in [2.24, 2.45) is 5.92 Å². The molecule has 0 aromatic heterocycles. The molecule has 0 bridgehead atoms. The van der Waals surface area contributed by atoms with Crippen LogP contribution in [-0.2, 0) is 11.3 Å². The molecule has 6 heteroatoms. The lowest BCUT2D eigenvalue weighted by atomic mass is 9.96. The summed E-state index contributed by atoms with van der Waals surface area (Å²) in [5.41, 5.74) is 2.07. The number of piperidine rings is 1. The van der Waals surface area contributed by atoms with E-state index >= 15 is 0 Å². The molecule has 1 fully saturated rings. The summed E-state index contributed by atoms with van der Waals surface area (Å²) in [6, 6.07) is 12.3. The molecule has 154 valence electrons. The SMILES string of the molecule is CC(NC(=O)C1CCCN(Cc2ccc(F)cc2)C1)c1ccc2c(c1)OCCO2. The van der Waals surface area contributed by atoms with Gasteiger partial charge in [0, 0.05) is 13.1 Å². The van der Waals surface area contributed by atoms with E-state index in [0.717, 1.165) is 55.1 Å². The van der Waals surface area contributed by atoms with Gasteiger partial charge in [-0.15, -0.1) is 0 Å². The van der Waals surface area contributed by atoms with Crippen molar-refractivity contribution >= 4 is 5.91 Å². The fourth-order valence-electron chi connectivity index (χ4n) is 4.01. The van der Waals surface area contributed by atoms with Gasteiger partial charge in [0.1, 0.15) is 19.0 Å². The minimum Gasteiger partial charge on any atom is -0.486 e. The lowest BCUT2D eigenvalue weighted by molar-refractivity contribution is -0.127. The molecule has 2 aromatic rings. The summed E-state index contributed by atoms with van der Waals surface area (Å²) in [5.74, 6) is 1.30. The maximum atomic E-state index is 13.1. The number of carbonyl (C=O) groups is 1. The van der Waals surface area contributed by atoms with Crippen molar-refractivity contribution in [2.75, 3.05) is 26.3 Å². The Morgan fingerprint density at radius 3 is 2.72 bits per heavy atom. The van der Waals surface area contributed by atoms with Gasteiger partial charge in [-0.3, -0.25) is 9.69 Å². The molecule has 0 radical (unpaired) electrons. The zero-order chi connectivity index (χ0) is 20.2. The lowest BCUT2D eigenvalue weighted by Crippen LogP contribution is -2.43. The van der Waals surface area contributed by atoms with Crippen molar-refractivity contribution in [1.82, 2.24) is 10.2 Å². The quantitative estimate of drug-likeness (QED) is 0.835. The summed E-state index contributed by atoms with van der Waals surface area (Å²) in [6.07, 6.45) is 1.87. The number of halogens is 1. The smallest absolute Gasteiger partial charge is 0.224 e. The molecule has 2 unspecified atom stereocenters. The third kappa shape index (κ3) is 4.88. The van der Waals surface area contributed by atoms with E-state index in [-0.39, 0.29) is 23.7 Å². The molecule has 1 amide bonds. The Kier molecular flexibility index (Phi) is 6.00. The van der Waals surface area contributed by atoms with E-state index in [1.807, 2.05) is 37.3 Å².